The molecule has 0 aliphatic carbocycles. The molecule has 0 aliphatic heterocycles. The first-order valence-electron chi connectivity index (χ1n) is 5.00. The van der Waals surface area contributed by atoms with E-state index in [1.54, 1.807) is 6.07 Å². The van der Waals surface area contributed by atoms with Gasteiger partial charge in [0, 0.05) is 11.6 Å². The average molecular weight is 235 g/mol. The van der Waals surface area contributed by atoms with E-state index in [0.717, 1.165) is 17.0 Å². The molecular weight excluding hydrogens is 224 g/mol. The van der Waals surface area contributed by atoms with Gasteiger partial charge in [0.25, 0.3) is 0 Å². The van der Waals surface area contributed by atoms with Crippen LogP contribution in [0.2, 0.25) is 5.15 Å². The number of hydrogen-bond acceptors (Lipinski definition) is 3. The monoisotopic (exact) mass is 234 g/mol. The molecule has 0 saturated carbocycles. The van der Waals surface area contributed by atoms with Crippen LogP contribution in [0.5, 0.6) is 5.75 Å². The Kier molecular flexibility index (Phi) is 3.37. The first-order chi connectivity index (χ1) is 7.79. The maximum Gasteiger partial charge on any atom is 0.133 e. The molecular formula is C12H11ClN2O. The molecule has 0 fully saturated rings. The SMILES string of the molecule is CCOc1cccc(-c2cc(Cl)ncn2)c1. The fraction of sp³-hybridized carbons (Fsp3) is 0.167. The van der Waals surface area contributed by atoms with Crippen molar-refractivity contribution in [1.82, 2.24) is 9.97 Å². The summed E-state index contributed by atoms with van der Waals surface area (Å²) in [6.07, 6.45) is 1.45. The number of hydrogen-bond donors (Lipinski definition) is 0. The molecule has 0 radical (unpaired) electrons. The summed E-state index contributed by atoms with van der Waals surface area (Å²) in [5.74, 6) is 0.828. The number of aromatic nitrogens is 2. The van der Waals surface area contributed by atoms with Crippen molar-refractivity contribution in [1.29, 1.82) is 0 Å². The van der Waals surface area contributed by atoms with Gasteiger partial charge in [-0.3, -0.25) is 0 Å². The molecule has 16 heavy (non-hydrogen) atoms. The van der Waals surface area contributed by atoms with Gasteiger partial charge >= 0.3 is 0 Å². The molecule has 1 aromatic heterocycles. The van der Waals surface area contributed by atoms with Crippen LogP contribution in [0.25, 0.3) is 11.3 Å². The van der Waals surface area contributed by atoms with Crippen LogP contribution in [0, 0.1) is 0 Å². The lowest BCUT2D eigenvalue weighted by atomic mass is 10.1. The smallest absolute Gasteiger partial charge is 0.133 e. The third kappa shape index (κ3) is 2.49. The van der Waals surface area contributed by atoms with Crippen LogP contribution in [0.15, 0.2) is 36.7 Å². The maximum absolute atomic E-state index is 5.81. The van der Waals surface area contributed by atoms with Gasteiger partial charge in [-0.25, -0.2) is 9.97 Å². The molecule has 1 heterocycles. The first-order valence-corrected chi connectivity index (χ1v) is 5.38. The van der Waals surface area contributed by atoms with Gasteiger partial charge in [-0.1, -0.05) is 23.7 Å². The zero-order valence-corrected chi connectivity index (χ0v) is 9.61. The zero-order chi connectivity index (χ0) is 11.4. The Morgan fingerprint density at radius 1 is 1.25 bits per heavy atom. The molecule has 0 N–H and O–H groups in total. The molecule has 2 rings (SSSR count). The molecule has 4 heteroatoms. The lowest BCUT2D eigenvalue weighted by Crippen LogP contribution is -1.92. The van der Waals surface area contributed by atoms with E-state index >= 15 is 0 Å². The first kappa shape index (κ1) is 10.9. The summed E-state index contributed by atoms with van der Waals surface area (Å²) < 4.78 is 5.42. The van der Waals surface area contributed by atoms with Crippen LogP contribution in [0.3, 0.4) is 0 Å². The molecule has 0 bridgehead atoms. The van der Waals surface area contributed by atoms with E-state index in [2.05, 4.69) is 9.97 Å². The molecule has 3 nitrogen and oxygen atoms in total. The third-order valence-corrected chi connectivity index (χ3v) is 2.28. The number of ether oxygens (including phenoxy) is 1. The van der Waals surface area contributed by atoms with Crippen LogP contribution in [0.1, 0.15) is 6.92 Å². The molecule has 1 aromatic carbocycles. The molecule has 82 valence electrons. The summed E-state index contributed by atoms with van der Waals surface area (Å²) >= 11 is 5.81. The minimum atomic E-state index is 0.437. The van der Waals surface area contributed by atoms with E-state index in [0.29, 0.717) is 11.8 Å². The van der Waals surface area contributed by atoms with Crippen molar-refractivity contribution in [2.75, 3.05) is 6.61 Å². The van der Waals surface area contributed by atoms with Crippen molar-refractivity contribution in [3.05, 3.63) is 41.8 Å². The quantitative estimate of drug-likeness (QED) is 0.765. The third-order valence-electron chi connectivity index (χ3n) is 2.07. The van der Waals surface area contributed by atoms with Gasteiger partial charge in [0.1, 0.15) is 17.2 Å². The summed E-state index contributed by atoms with van der Waals surface area (Å²) in [6.45, 7) is 2.60. The van der Waals surface area contributed by atoms with E-state index in [4.69, 9.17) is 16.3 Å². The lowest BCUT2D eigenvalue weighted by Gasteiger charge is -2.05. The number of rotatable bonds is 3. The largest absolute Gasteiger partial charge is 0.494 e. The second-order valence-electron chi connectivity index (χ2n) is 3.19. The highest BCUT2D eigenvalue weighted by atomic mass is 35.5. The van der Waals surface area contributed by atoms with Crippen LogP contribution < -0.4 is 4.74 Å². The molecule has 0 amide bonds. The Morgan fingerprint density at radius 2 is 2.12 bits per heavy atom. The Labute approximate surface area is 99.1 Å². The Bertz CT molecular complexity index is 488. The van der Waals surface area contributed by atoms with Crippen LogP contribution in [0.4, 0.5) is 0 Å². The van der Waals surface area contributed by atoms with E-state index in [1.165, 1.54) is 6.33 Å². The topological polar surface area (TPSA) is 35.0 Å². The number of nitrogens with zero attached hydrogens (tertiary/aromatic N) is 2. The van der Waals surface area contributed by atoms with Gasteiger partial charge in [-0.15, -0.1) is 0 Å². The van der Waals surface area contributed by atoms with Crippen molar-refractivity contribution in [2.24, 2.45) is 0 Å². The van der Waals surface area contributed by atoms with Crippen molar-refractivity contribution < 1.29 is 4.74 Å². The Balaban J connectivity index is 2.36. The summed E-state index contributed by atoms with van der Waals surface area (Å²) in [4.78, 5) is 8.01. The number of halogens is 1. The second kappa shape index (κ2) is 4.94. The summed E-state index contributed by atoms with van der Waals surface area (Å²) in [6, 6.07) is 9.46. The van der Waals surface area contributed by atoms with Gasteiger partial charge in [-0.05, 0) is 19.1 Å². The predicted molar refractivity (Wildman–Crippen MR) is 63.6 cm³/mol. The van der Waals surface area contributed by atoms with E-state index in [-0.39, 0.29) is 0 Å². The molecule has 2 aromatic rings. The van der Waals surface area contributed by atoms with Gasteiger partial charge < -0.3 is 4.74 Å². The normalized spacial score (nSPS) is 10.1. The minimum Gasteiger partial charge on any atom is -0.494 e. The van der Waals surface area contributed by atoms with E-state index in [9.17, 15) is 0 Å². The molecule has 0 aliphatic rings. The fourth-order valence-electron chi connectivity index (χ4n) is 1.40. The second-order valence-corrected chi connectivity index (χ2v) is 3.57. The summed E-state index contributed by atoms with van der Waals surface area (Å²) in [7, 11) is 0. The maximum atomic E-state index is 5.81. The minimum absolute atomic E-state index is 0.437. The molecule has 0 unspecified atom stereocenters. The highest BCUT2D eigenvalue weighted by molar-refractivity contribution is 6.29. The van der Waals surface area contributed by atoms with E-state index in [1.807, 2.05) is 31.2 Å². The molecule has 0 spiro atoms. The van der Waals surface area contributed by atoms with Crippen LogP contribution in [-0.4, -0.2) is 16.6 Å². The van der Waals surface area contributed by atoms with Crippen LogP contribution in [-0.2, 0) is 0 Å². The van der Waals surface area contributed by atoms with Crippen molar-refractivity contribution in [2.45, 2.75) is 6.92 Å². The Morgan fingerprint density at radius 3 is 2.88 bits per heavy atom. The molecule has 0 saturated heterocycles. The van der Waals surface area contributed by atoms with Crippen LogP contribution >= 0.6 is 11.6 Å². The van der Waals surface area contributed by atoms with Gasteiger partial charge in [-0.2, -0.15) is 0 Å². The van der Waals surface area contributed by atoms with Crippen molar-refractivity contribution in [3.8, 4) is 17.0 Å². The number of benzene rings is 1. The fourth-order valence-corrected chi connectivity index (χ4v) is 1.55. The Hall–Kier alpha value is -1.61. The highest BCUT2D eigenvalue weighted by Crippen LogP contribution is 2.23. The average Bonchev–Trinajstić information content (AvgIpc) is 2.30. The summed E-state index contributed by atoms with van der Waals surface area (Å²) in [5.41, 5.74) is 1.76. The lowest BCUT2D eigenvalue weighted by molar-refractivity contribution is 0.340. The zero-order valence-electron chi connectivity index (χ0n) is 8.85. The van der Waals surface area contributed by atoms with Gasteiger partial charge in [0.15, 0.2) is 0 Å². The van der Waals surface area contributed by atoms with Crippen molar-refractivity contribution >= 4 is 11.6 Å². The van der Waals surface area contributed by atoms with Gasteiger partial charge in [0.2, 0.25) is 0 Å². The predicted octanol–water partition coefficient (Wildman–Crippen LogP) is 3.20. The summed E-state index contributed by atoms with van der Waals surface area (Å²) in [5, 5.41) is 0.437. The highest BCUT2D eigenvalue weighted by Gasteiger charge is 2.02. The van der Waals surface area contributed by atoms with E-state index < -0.39 is 0 Å². The standard InChI is InChI=1S/C12H11ClN2O/c1-2-16-10-5-3-4-9(6-10)11-7-12(13)15-8-14-11/h3-8H,2H2,1H3. The van der Waals surface area contributed by atoms with Gasteiger partial charge in [0.05, 0.1) is 12.3 Å². The van der Waals surface area contributed by atoms with Crippen molar-refractivity contribution in [3.63, 3.8) is 0 Å². The molecule has 0 atom stereocenters.